The summed E-state index contributed by atoms with van der Waals surface area (Å²) in [5.41, 5.74) is -0.139. The normalized spacial score (nSPS) is 10.8. The smallest absolute Gasteiger partial charge is 0.349 e. The molecular weight excluding hydrogens is 290 g/mol. The first-order valence-corrected chi connectivity index (χ1v) is 6.85. The Kier molecular flexibility index (Phi) is 5.08. The molecule has 1 heterocycles. The Morgan fingerprint density at radius 2 is 2.18 bits per heavy atom. The average Bonchev–Trinajstić information content (AvgIpc) is 2.54. The van der Waals surface area contributed by atoms with Crippen molar-refractivity contribution < 1.29 is 19.1 Å². The van der Waals surface area contributed by atoms with Crippen LogP contribution in [-0.4, -0.2) is 35.5 Å². The van der Waals surface area contributed by atoms with E-state index in [1.54, 1.807) is 19.1 Å². The van der Waals surface area contributed by atoms with Gasteiger partial charge in [0.2, 0.25) is 0 Å². The molecule has 0 fully saturated rings. The molecule has 0 unspecified atom stereocenters. The molecule has 22 heavy (non-hydrogen) atoms. The summed E-state index contributed by atoms with van der Waals surface area (Å²) in [6.45, 7) is 1.64. The quantitative estimate of drug-likeness (QED) is 0.739. The standard InChI is InChI=1S/C14H17N3O5/c1-2-22-9-12-13(14(19)15-7-8-18)17(21)11-6-4-3-5-10(11)16(12)20/h3-6,18H,2,7-9H2,1H3,(H,15,19). The number of nitrogens with one attached hydrogen (secondary N) is 1. The zero-order valence-electron chi connectivity index (χ0n) is 12.1. The number of hydrogen-bond acceptors (Lipinski definition) is 5. The topological polar surface area (TPSA) is 110 Å². The van der Waals surface area contributed by atoms with Gasteiger partial charge < -0.3 is 25.1 Å². The van der Waals surface area contributed by atoms with Gasteiger partial charge in [-0.15, -0.1) is 0 Å². The van der Waals surface area contributed by atoms with Crippen molar-refractivity contribution in [3.8, 4) is 0 Å². The second kappa shape index (κ2) is 7.01. The summed E-state index contributed by atoms with van der Waals surface area (Å²) in [6, 6.07) is 6.20. The molecule has 2 rings (SSSR count). The summed E-state index contributed by atoms with van der Waals surface area (Å²) in [6.07, 6.45) is 0. The summed E-state index contributed by atoms with van der Waals surface area (Å²) in [5.74, 6) is -0.728. The maximum Gasteiger partial charge on any atom is 0.349 e. The van der Waals surface area contributed by atoms with Gasteiger partial charge in [-0.25, -0.2) is 0 Å². The van der Waals surface area contributed by atoms with Crippen molar-refractivity contribution in [2.75, 3.05) is 19.8 Å². The van der Waals surface area contributed by atoms with E-state index in [0.717, 1.165) is 0 Å². The highest BCUT2D eigenvalue weighted by Gasteiger charge is 2.28. The maximum absolute atomic E-state index is 12.5. The van der Waals surface area contributed by atoms with Crippen molar-refractivity contribution in [1.82, 2.24) is 10.0 Å². The molecule has 8 heteroatoms. The van der Waals surface area contributed by atoms with E-state index in [1.807, 2.05) is 0 Å². The van der Waals surface area contributed by atoms with Gasteiger partial charge in [0.15, 0.2) is 0 Å². The minimum atomic E-state index is -0.728. The van der Waals surface area contributed by atoms with Gasteiger partial charge in [-0.1, -0.05) is 12.1 Å². The SMILES string of the molecule is CCOCc1c(C(=O)NCCO)[n+](=O)c2ccccc2n1[O-]. The molecule has 2 N–H and O–H groups in total. The summed E-state index contributed by atoms with van der Waals surface area (Å²) in [5, 5.41) is 23.6. The van der Waals surface area contributed by atoms with Gasteiger partial charge in [0.1, 0.15) is 11.2 Å². The molecule has 0 aliphatic carbocycles. The predicted octanol–water partition coefficient (Wildman–Crippen LogP) is 0.160. The highest BCUT2D eigenvalue weighted by Crippen LogP contribution is 2.15. The zero-order valence-corrected chi connectivity index (χ0v) is 12.1. The lowest BCUT2D eigenvalue weighted by Crippen LogP contribution is -2.38. The maximum atomic E-state index is 12.5. The van der Waals surface area contributed by atoms with Crippen LogP contribution < -0.4 is 9.74 Å². The first-order chi connectivity index (χ1) is 10.6. The first-order valence-electron chi connectivity index (χ1n) is 6.85. The number of aliphatic hydroxyl groups is 1. The van der Waals surface area contributed by atoms with Gasteiger partial charge in [0, 0.05) is 24.1 Å². The fourth-order valence-corrected chi connectivity index (χ4v) is 2.09. The summed E-state index contributed by atoms with van der Waals surface area (Å²) in [4.78, 5) is 24.6. The van der Waals surface area contributed by atoms with E-state index in [2.05, 4.69) is 5.32 Å². The van der Waals surface area contributed by atoms with E-state index in [-0.39, 0.29) is 42.2 Å². The number of ether oxygens (including phenoxy) is 1. The van der Waals surface area contributed by atoms with Crippen LogP contribution in [0.15, 0.2) is 24.3 Å². The second-order valence-electron chi connectivity index (χ2n) is 4.49. The molecule has 0 aliphatic rings. The van der Waals surface area contributed by atoms with Crippen LogP contribution in [0.2, 0.25) is 0 Å². The molecule has 0 atom stereocenters. The van der Waals surface area contributed by atoms with Gasteiger partial charge in [0.05, 0.1) is 17.6 Å². The number of hydrogen-bond donors (Lipinski definition) is 2. The second-order valence-corrected chi connectivity index (χ2v) is 4.49. The Morgan fingerprint density at radius 3 is 2.86 bits per heavy atom. The van der Waals surface area contributed by atoms with Gasteiger partial charge in [-0.2, -0.15) is 0 Å². The van der Waals surface area contributed by atoms with Crippen molar-refractivity contribution >= 4 is 16.9 Å². The van der Waals surface area contributed by atoms with Crippen LogP contribution in [0.25, 0.3) is 11.0 Å². The van der Waals surface area contributed by atoms with Crippen molar-refractivity contribution in [1.29, 1.82) is 0 Å². The minimum absolute atomic E-state index is 0.0153. The van der Waals surface area contributed by atoms with Crippen LogP contribution in [0.1, 0.15) is 23.1 Å². The molecule has 2 aromatic rings. The minimum Gasteiger partial charge on any atom is -0.805 e. The molecule has 1 aromatic heterocycles. The third kappa shape index (κ3) is 2.92. The average molecular weight is 307 g/mol. The molecule has 0 saturated heterocycles. The largest absolute Gasteiger partial charge is 0.805 e. The third-order valence-corrected chi connectivity index (χ3v) is 3.10. The van der Waals surface area contributed by atoms with E-state index >= 15 is 0 Å². The van der Waals surface area contributed by atoms with Crippen molar-refractivity contribution in [2.24, 2.45) is 0 Å². The lowest BCUT2D eigenvalue weighted by molar-refractivity contribution is -0.468. The number of aliphatic hydroxyl groups excluding tert-OH is 1. The molecule has 1 amide bonds. The number of carbonyl (C=O) groups excluding carboxylic acids is 1. The molecule has 8 nitrogen and oxygen atoms in total. The zero-order chi connectivity index (χ0) is 16.1. The number of aromatic nitrogens is 2. The first kappa shape index (κ1) is 15.9. The molecular formula is C14H17N3O5. The third-order valence-electron chi connectivity index (χ3n) is 3.10. The van der Waals surface area contributed by atoms with E-state index in [0.29, 0.717) is 15.8 Å². The predicted molar refractivity (Wildman–Crippen MR) is 78.8 cm³/mol. The van der Waals surface area contributed by atoms with Crippen LogP contribution in [0.5, 0.6) is 0 Å². The van der Waals surface area contributed by atoms with Gasteiger partial charge in [0.25, 0.3) is 5.52 Å². The Labute approximate surface area is 126 Å². The fourth-order valence-electron chi connectivity index (χ4n) is 2.09. The van der Waals surface area contributed by atoms with Crippen LogP contribution >= 0.6 is 0 Å². The molecule has 0 saturated carbocycles. The number of benzene rings is 1. The van der Waals surface area contributed by atoms with Crippen LogP contribution in [0, 0.1) is 10.1 Å². The summed E-state index contributed by atoms with van der Waals surface area (Å²) < 4.78 is 6.15. The number of nitrogens with zero attached hydrogens (tertiary/aromatic N) is 2. The van der Waals surface area contributed by atoms with Crippen LogP contribution in [0.3, 0.4) is 0 Å². The van der Waals surface area contributed by atoms with E-state index < -0.39 is 5.91 Å². The molecule has 0 aliphatic heterocycles. The Morgan fingerprint density at radius 1 is 1.45 bits per heavy atom. The number of para-hydroxylation sites is 2. The monoisotopic (exact) mass is 307 g/mol. The lowest BCUT2D eigenvalue weighted by Gasteiger charge is -2.18. The van der Waals surface area contributed by atoms with Gasteiger partial charge in [-0.3, -0.25) is 4.79 Å². The Bertz CT molecular complexity index is 741. The lowest BCUT2D eigenvalue weighted by atomic mass is 10.2. The van der Waals surface area contributed by atoms with E-state index in [1.165, 1.54) is 12.1 Å². The summed E-state index contributed by atoms with van der Waals surface area (Å²) in [7, 11) is 0. The summed E-state index contributed by atoms with van der Waals surface area (Å²) >= 11 is 0. The highest BCUT2D eigenvalue weighted by atomic mass is 16.5. The number of fused-ring (bicyclic) bond motifs is 1. The van der Waals surface area contributed by atoms with Gasteiger partial charge >= 0.3 is 11.6 Å². The Hall–Kier alpha value is -2.45. The number of rotatable bonds is 6. The Balaban J connectivity index is 2.67. The molecule has 0 radical (unpaired) electrons. The molecule has 118 valence electrons. The number of amides is 1. The van der Waals surface area contributed by atoms with Crippen LogP contribution in [0.4, 0.5) is 0 Å². The van der Waals surface area contributed by atoms with Gasteiger partial charge in [-0.05, 0) is 13.0 Å². The van der Waals surface area contributed by atoms with E-state index in [9.17, 15) is 14.9 Å². The fraction of sp³-hybridized carbons (Fsp3) is 0.357. The van der Waals surface area contributed by atoms with E-state index in [4.69, 9.17) is 9.84 Å². The van der Waals surface area contributed by atoms with Crippen molar-refractivity contribution in [3.63, 3.8) is 0 Å². The van der Waals surface area contributed by atoms with Crippen LogP contribution in [-0.2, 0) is 11.3 Å². The van der Waals surface area contributed by atoms with Crippen molar-refractivity contribution in [2.45, 2.75) is 13.5 Å². The number of carbonyl (C=O) groups is 1. The highest BCUT2D eigenvalue weighted by molar-refractivity contribution is 5.93. The molecule has 0 spiro atoms. The van der Waals surface area contributed by atoms with Crippen molar-refractivity contribution in [3.05, 3.63) is 45.8 Å². The molecule has 1 aromatic carbocycles. The molecule has 0 bridgehead atoms.